The fourth-order valence-electron chi connectivity index (χ4n) is 3.35. The number of halogens is 3. The highest BCUT2D eigenvalue weighted by atomic mass is 32.1. The Bertz CT molecular complexity index is 1060. The van der Waals surface area contributed by atoms with Crippen molar-refractivity contribution in [2.24, 2.45) is 5.92 Å². The molecule has 0 saturated heterocycles. The van der Waals surface area contributed by atoms with Crippen LogP contribution in [0.2, 0.25) is 0 Å². The van der Waals surface area contributed by atoms with Gasteiger partial charge in [-0.15, -0.1) is 11.3 Å². The van der Waals surface area contributed by atoms with Crippen LogP contribution in [0.1, 0.15) is 39.8 Å². The smallest absolute Gasteiger partial charge is 0.397 e. The number of nitrogens with zero attached hydrogens (tertiary/aromatic N) is 2. The zero-order chi connectivity index (χ0) is 20.1. The van der Waals surface area contributed by atoms with Gasteiger partial charge in [-0.1, -0.05) is 6.92 Å². The number of fused-ring (bicyclic) bond motifs is 2. The maximum absolute atomic E-state index is 12.6. The van der Waals surface area contributed by atoms with Gasteiger partial charge < -0.3 is 11.1 Å². The van der Waals surface area contributed by atoms with E-state index in [1.165, 1.54) is 11.3 Å². The number of nitrogen functional groups attached to an aromatic ring is 1. The van der Waals surface area contributed by atoms with E-state index in [0.29, 0.717) is 22.6 Å². The van der Waals surface area contributed by atoms with Gasteiger partial charge in [-0.2, -0.15) is 13.2 Å². The molecule has 3 heterocycles. The number of nitrogens with two attached hydrogens (primary N) is 1. The standard InChI is InChI=1S/C19H17F3N4OS/c1-9-2-4-13-10(6-9)7-12-15(23)16(28-18(12)25-13)17(27)26-14-5-3-11(8-24-14)19(20,21)22/h3,5,7-9H,2,4,6,23H2,1H3,(H,24,26,27)/t9-/m1/s1. The summed E-state index contributed by atoms with van der Waals surface area (Å²) in [5.74, 6) is 0.0927. The number of pyridine rings is 2. The molecule has 0 radical (unpaired) electrons. The van der Waals surface area contributed by atoms with Crippen molar-refractivity contribution in [1.29, 1.82) is 0 Å². The number of carbonyl (C=O) groups is 1. The highest BCUT2D eigenvalue weighted by molar-refractivity contribution is 7.21. The van der Waals surface area contributed by atoms with Crippen molar-refractivity contribution in [2.75, 3.05) is 11.1 Å². The summed E-state index contributed by atoms with van der Waals surface area (Å²) < 4.78 is 37.9. The summed E-state index contributed by atoms with van der Waals surface area (Å²) in [5, 5.41) is 3.24. The van der Waals surface area contributed by atoms with Gasteiger partial charge in [0.15, 0.2) is 0 Å². The Labute approximate surface area is 162 Å². The van der Waals surface area contributed by atoms with Crippen molar-refractivity contribution in [1.82, 2.24) is 9.97 Å². The monoisotopic (exact) mass is 406 g/mol. The molecule has 0 saturated carbocycles. The van der Waals surface area contributed by atoms with Gasteiger partial charge in [-0.3, -0.25) is 4.79 Å². The summed E-state index contributed by atoms with van der Waals surface area (Å²) in [6, 6.07) is 3.99. The minimum Gasteiger partial charge on any atom is -0.397 e. The van der Waals surface area contributed by atoms with Gasteiger partial charge in [0.1, 0.15) is 15.5 Å². The molecule has 1 amide bonds. The minimum atomic E-state index is -4.48. The summed E-state index contributed by atoms with van der Waals surface area (Å²) in [5.41, 5.74) is 7.84. The molecule has 0 aromatic carbocycles. The lowest BCUT2D eigenvalue weighted by Gasteiger charge is -2.20. The number of amides is 1. The molecule has 3 N–H and O–H groups in total. The van der Waals surface area contributed by atoms with Crippen molar-refractivity contribution >= 4 is 39.0 Å². The molecular weight excluding hydrogens is 389 g/mol. The maximum Gasteiger partial charge on any atom is 0.417 e. The average Bonchev–Trinajstić information content (AvgIpc) is 2.96. The molecule has 0 fully saturated rings. The van der Waals surface area contributed by atoms with Crippen LogP contribution in [0.4, 0.5) is 24.7 Å². The molecule has 0 aliphatic heterocycles. The number of carbonyl (C=O) groups excluding carboxylic acids is 1. The molecule has 3 aromatic heterocycles. The van der Waals surface area contributed by atoms with Crippen LogP contribution in [-0.4, -0.2) is 15.9 Å². The van der Waals surface area contributed by atoms with Crippen molar-refractivity contribution in [3.05, 3.63) is 46.1 Å². The van der Waals surface area contributed by atoms with Crippen molar-refractivity contribution in [3.63, 3.8) is 0 Å². The molecule has 0 bridgehead atoms. The van der Waals surface area contributed by atoms with Crippen LogP contribution in [-0.2, 0) is 19.0 Å². The van der Waals surface area contributed by atoms with E-state index in [4.69, 9.17) is 5.73 Å². The number of hydrogen-bond donors (Lipinski definition) is 2. The number of rotatable bonds is 2. The summed E-state index contributed by atoms with van der Waals surface area (Å²) in [4.78, 5) is 21.9. The summed E-state index contributed by atoms with van der Waals surface area (Å²) in [6.07, 6.45) is -0.875. The van der Waals surface area contributed by atoms with E-state index < -0.39 is 17.6 Å². The number of nitrogens with one attached hydrogen (secondary N) is 1. The van der Waals surface area contributed by atoms with E-state index in [1.54, 1.807) is 0 Å². The second-order valence-corrected chi connectivity index (χ2v) is 8.02. The van der Waals surface area contributed by atoms with E-state index in [-0.39, 0.29) is 10.7 Å². The fourth-order valence-corrected chi connectivity index (χ4v) is 4.34. The fraction of sp³-hybridized carbons (Fsp3) is 0.316. The molecule has 1 aliphatic rings. The molecule has 5 nitrogen and oxygen atoms in total. The highest BCUT2D eigenvalue weighted by Gasteiger charge is 2.30. The Balaban J connectivity index is 1.61. The van der Waals surface area contributed by atoms with Crippen LogP contribution < -0.4 is 11.1 Å². The molecule has 1 aliphatic carbocycles. The Morgan fingerprint density at radius 3 is 2.82 bits per heavy atom. The quantitative estimate of drug-likeness (QED) is 0.648. The van der Waals surface area contributed by atoms with E-state index in [0.717, 1.165) is 48.0 Å². The number of anilines is 2. The molecule has 0 spiro atoms. The van der Waals surface area contributed by atoms with Crippen molar-refractivity contribution < 1.29 is 18.0 Å². The van der Waals surface area contributed by atoms with Crippen molar-refractivity contribution in [2.45, 2.75) is 32.4 Å². The third kappa shape index (κ3) is 3.42. The topological polar surface area (TPSA) is 80.9 Å². The second-order valence-electron chi connectivity index (χ2n) is 7.02. The lowest BCUT2D eigenvalue weighted by atomic mass is 9.87. The molecule has 9 heteroatoms. The molecule has 28 heavy (non-hydrogen) atoms. The van der Waals surface area contributed by atoms with Crippen molar-refractivity contribution in [3.8, 4) is 0 Å². The van der Waals surface area contributed by atoms with Gasteiger partial charge in [-0.05, 0) is 48.9 Å². The molecule has 0 unspecified atom stereocenters. The number of aromatic nitrogens is 2. The second kappa shape index (κ2) is 6.73. The SMILES string of the molecule is C[C@@H]1CCc2nc3sc(C(=O)Nc4ccc(C(F)(F)F)cn4)c(N)c3cc2C1. The van der Waals surface area contributed by atoms with Crippen LogP contribution >= 0.6 is 11.3 Å². The van der Waals surface area contributed by atoms with Crippen LogP contribution in [0.25, 0.3) is 10.2 Å². The lowest BCUT2D eigenvalue weighted by Crippen LogP contribution is -2.14. The van der Waals surface area contributed by atoms with Crippen LogP contribution in [0, 0.1) is 5.92 Å². The number of thiophene rings is 1. The van der Waals surface area contributed by atoms with Gasteiger partial charge in [0.2, 0.25) is 0 Å². The Morgan fingerprint density at radius 2 is 2.14 bits per heavy atom. The normalized spacial score (nSPS) is 16.8. The summed E-state index contributed by atoms with van der Waals surface area (Å²) >= 11 is 1.18. The highest BCUT2D eigenvalue weighted by Crippen LogP contribution is 2.36. The van der Waals surface area contributed by atoms with E-state index in [9.17, 15) is 18.0 Å². The first-order valence-electron chi connectivity index (χ1n) is 8.77. The van der Waals surface area contributed by atoms with Gasteiger partial charge in [0.05, 0.1) is 11.3 Å². The average molecular weight is 406 g/mol. The van der Waals surface area contributed by atoms with Crippen LogP contribution in [0.3, 0.4) is 0 Å². The van der Waals surface area contributed by atoms with E-state index in [1.807, 2.05) is 6.07 Å². The zero-order valence-corrected chi connectivity index (χ0v) is 15.7. The first-order chi connectivity index (χ1) is 13.2. The molecule has 146 valence electrons. The molecule has 3 aromatic rings. The number of aryl methyl sites for hydroxylation is 1. The largest absolute Gasteiger partial charge is 0.417 e. The lowest BCUT2D eigenvalue weighted by molar-refractivity contribution is -0.137. The summed E-state index contributed by atoms with van der Waals surface area (Å²) in [7, 11) is 0. The minimum absolute atomic E-state index is 0.0240. The van der Waals surface area contributed by atoms with Gasteiger partial charge >= 0.3 is 6.18 Å². The molecule has 4 rings (SSSR count). The predicted molar refractivity (Wildman–Crippen MR) is 102 cm³/mol. The third-order valence-corrected chi connectivity index (χ3v) is 5.98. The Morgan fingerprint density at radius 1 is 1.36 bits per heavy atom. The molecule has 1 atom stereocenters. The van der Waals surface area contributed by atoms with Gasteiger partial charge in [0, 0.05) is 17.3 Å². The number of alkyl halides is 3. The summed E-state index contributed by atoms with van der Waals surface area (Å²) in [6.45, 7) is 2.19. The first kappa shape index (κ1) is 18.7. The number of hydrogen-bond acceptors (Lipinski definition) is 5. The predicted octanol–water partition coefficient (Wildman–Crippen LogP) is 4.67. The Hall–Kier alpha value is -2.68. The Kier molecular flexibility index (Phi) is 4.49. The van der Waals surface area contributed by atoms with Crippen LogP contribution in [0.5, 0.6) is 0 Å². The van der Waals surface area contributed by atoms with Gasteiger partial charge in [0.25, 0.3) is 5.91 Å². The van der Waals surface area contributed by atoms with E-state index in [2.05, 4.69) is 22.2 Å². The van der Waals surface area contributed by atoms with Gasteiger partial charge in [-0.25, -0.2) is 9.97 Å². The maximum atomic E-state index is 12.6. The first-order valence-corrected chi connectivity index (χ1v) is 9.59. The van der Waals surface area contributed by atoms with Crippen LogP contribution in [0.15, 0.2) is 24.4 Å². The third-order valence-electron chi connectivity index (χ3n) is 4.87. The molecular formula is C19H17F3N4OS. The van der Waals surface area contributed by atoms with E-state index >= 15 is 0 Å². The zero-order valence-electron chi connectivity index (χ0n) is 14.9.